The van der Waals surface area contributed by atoms with Gasteiger partial charge in [-0.25, -0.2) is 4.79 Å². The number of hydrogen-bond donors (Lipinski definition) is 0. The zero-order valence-electron chi connectivity index (χ0n) is 17.2. The summed E-state index contributed by atoms with van der Waals surface area (Å²) in [6.07, 6.45) is 3.47. The minimum Gasteiger partial charge on any atom is -0.383 e. The molecule has 0 bridgehead atoms. The summed E-state index contributed by atoms with van der Waals surface area (Å²) < 4.78 is 5.15. The first kappa shape index (κ1) is 20.7. The van der Waals surface area contributed by atoms with Gasteiger partial charge in [-0.3, -0.25) is 14.6 Å². The zero-order chi connectivity index (χ0) is 20.3. The van der Waals surface area contributed by atoms with Crippen molar-refractivity contribution in [2.24, 2.45) is 0 Å². The highest BCUT2D eigenvalue weighted by molar-refractivity contribution is 7.99. The summed E-state index contributed by atoms with van der Waals surface area (Å²) in [6.45, 7) is 3.08. The molecule has 3 aliphatic heterocycles. The van der Waals surface area contributed by atoms with Crippen molar-refractivity contribution in [3.63, 3.8) is 0 Å². The Bertz CT molecular complexity index is 715. The number of imide groups is 1. The van der Waals surface area contributed by atoms with Gasteiger partial charge >= 0.3 is 6.03 Å². The number of methoxy groups -OCH3 is 1. The number of thioether (sulfide) groups is 1. The van der Waals surface area contributed by atoms with Crippen molar-refractivity contribution in [1.29, 1.82) is 0 Å². The van der Waals surface area contributed by atoms with E-state index < -0.39 is 5.54 Å². The minimum absolute atomic E-state index is 0.0203. The van der Waals surface area contributed by atoms with Gasteiger partial charge in [0, 0.05) is 38.5 Å². The predicted molar refractivity (Wildman–Crippen MR) is 115 cm³/mol. The van der Waals surface area contributed by atoms with Gasteiger partial charge in [0.25, 0.3) is 5.91 Å². The van der Waals surface area contributed by atoms with E-state index in [0.29, 0.717) is 25.7 Å². The fraction of sp³-hybridized carbons (Fsp3) is 0.636. The van der Waals surface area contributed by atoms with Crippen LogP contribution in [0.2, 0.25) is 0 Å². The number of rotatable bonds is 7. The Morgan fingerprint density at radius 3 is 2.55 bits per heavy atom. The largest absolute Gasteiger partial charge is 0.383 e. The highest BCUT2D eigenvalue weighted by Gasteiger charge is 2.57. The molecular weight excluding hydrogens is 386 g/mol. The Kier molecular flexibility index (Phi) is 6.47. The second-order valence-corrected chi connectivity index (χ2v) is 9.35. The van der Waals surface area contributed by atoms with Crippen molar-refractivity contribution in [1.82, 2.24) is 14.7 Å². The van der Waals surface area contributed by atoms with E-state index in [0.717, 1.165) is 32.4 Å². The van der Waals surface area contributed by atoms with Crippen LogP contribution in [0.25, 0.3) is 0 Å². The highest BCUT2D eigenvalue weighted by atomic mass is 32.2. The van der Waals surface area contributed by atoms with Crippen LogP contribution in [0.3, 0.4) is 0 Å². The summed E-state index contributed by atoms with van der Waals surface area (Å²) >= 11 is 2.02. The number of hydrogen-bond acceptors (Lipinski definition) is 5. The lowest BCUT2D eigenvalue weighted by molar-refractivity contribution is -0.136. The molecule has 1 aromatic rings. The zero-order valence-corrected chi connectivity index (χ0v) is 18.0. The molecule has 1 spiro atoms. The topological polar surface area (TPSA) is 53.1 Å². The second kappa shape index (κ2) is 9.06. The van der Waals surface area contributed by atoms with Crippen LogP contribution in [0.5, 0.6) is 0 Å². The molecule has 1 atom stereocenters. The Labute approximate surface area is 177 Å². The molecule has 3 amide bonds. The van der Waals surface area contributed by atoms with Crippen molar-refractivity contribution < 1.29 is 14.3 Å². The van der Waals surface area contributed by atoms with E-state index in [1.807, 2.05) is 34.9 Å². The van der Waals surface area contributed by atoms with E-state index in [-0.39, 0.29) is 11.9 Å². The fourth-order valence-electron chi connectivity index (χ4n) is 4.91. The molecule has 7 heteroatoms. The summed E-state index contributed by atoms with van der Waals surface area (Å²) in [6, 6.07) is 10.7. The Morgan fingerprint density at radius 1 is 1.14 bits per heavy atom. The molecule has 0 unspecified atom stereocenters. The fourth-order valence-corrected chi connectivity index (χ4v) is 6.17. The van der Waals surface area contributed by atoms with Crippen molar-refractivity contribution in [3.05, 3.63) is 35.9 Å². The molecule has 0 saturated carbocycles. The van der Waals surface area contributed by atoms with E-state index in [2.05, 4.69) is 17.0 Å². The van der Waals surface area contributed by atoms with E-state index in [1.54, 1.807) is 7.11 Å². The number of likely N-dealkylation sites (tertiary alicyclic amines) is 1. The molecular formula is C22H31N3O3S. The summed E-state index contributed by atoms with van der Waals surface area (Å²) in [4.78, 5) is 32.5. The van der Waals surface area contributed by atoms with Crippen molar-refractivity contribution in [3.8, 4) is 0 Å². The van der Waals surface area contributed by atoms with Crippen LogP contribution < -0.4 is 0 Å². The first-order valence-corrected chi connectivity index (χ1v) is 11.8. The number of urea groups is 1. The predicted octanol–water partition coefficient (Wildman–Crippen LogP) is 2.48. The molecule has 0 aliphatic carbocycles. The van der Waals surface area contributed by atoms with Gasteiger partial charge in [0.2, 0.25) is 0 Å². The molecule has 0 radical (unpaired) electrons. The number of ether oxygens (including phenoxy) is 1. The Hall–Kier alpha value is -1.57. The van der Waals surface area contributed by atoms with Crippen LogP contribution in [-0.2, 0) is 16.0 Å². The maximum Gasteiger partial charge on any atom is 0.327 e. The van der Waals surface area contributed by atoms with E-state index in [4.69, 9.17) is 4.74 Å². The van der Waals surface area contributed by atoms with Crippen LogP contribution in [0.15, 0.2) is 30.3 Å². The monoisotopic (exact) mass is 417 g/mol. The summed E-state index contributed by atoms with van der Waals surface area (Å²) in [5.74, 6) is 2.41. The molecule has 1 aromatic carbocycles. The average Bonchev–Trinajstić information content (AvgIpc) is 3.35. The van der Waals surface area contributed by atoms with E-state index >= 15 is 0 Å². The van der Waals surface area contributed by atoms with Gasteiger partial charge in [0.05, 0.1) is 13.2 Å². The first-order valence-electron chi connectivity index (χ1n) is 10.6. The maximum absolute atomic E-state index is 13.4. The molecule has 6 nitrogen and oxygen atoms in total. The molecule has 158 valence electrons. The first-order chi connectivity index (χ1) is 14.2. The smallest absolute Gasteiger partial charge is 0.327 e. The summed E-state index contributed by atoms with van der Waals surface area (Å²) in [5, 5.41) is 0. The SMILES string of the molecule is COCCN1C(=O)N(CCc2ccccc2)C2(CCN([C@@H]3CCSC3)CC2)C1=O. The van der Waals surface area contributed by atoms with Crippen LogP contribution in [0, 0.1) is 0 Å². The number of carbonyl (C=O) groups is 2. The highest BCUT2D eigenvalue weighted by Crippen LogP contribution is 2.39. The number of carbonyl (C=O) groups excluding carboxylic acids is 2. The van der Waals surface area contributed by atoms with Crippen molar-refractivity contribution in [2.45, 2.75) is 37.3 Å². The van der Waals surface area contributed by atoms with Crippen molar-refractivity contribution >= 4 is 23.7 Å². The Morgan fingerprint density at radius 2 is 1.90 bits per heavy atom. The lowest BCUT2D eigenvalue weighted by Gasteiger charge is -2.44. The number of piperidine rings is 1. The third-order valence-corrected chi connectivity index (χ3v) is 7.80. The third-order valence-electron chi connectivity index (χ3n) is 6.65. The maximum atomic E-state index is 13.4. The molecule has 3 saturated heterocycles. The minimum atomic E-state index is -0.679. The van der Waals surface area contributed by atoms with Gasteiger partial charge in [-0.15, -0.1) is 0 Å². The molecule has 3 fully saturated rings. The average molecular weight is 418 g/mol. The van der Waals surface area contributed by atoms with Crippen molar-refractivity contribution in [2.75, 3.05) is 51.4 Å². The number of nitrogens with zero attached hydrogens (tertiary/aromatic N) is 3. The van der Waals surface area contributed by atoms with Gasteiger partial charge in [-0.05, 0) is 37.0 Å². The number of benzene rings is 1. The van der Waals surface area contributed by atoms with Gasteiger partial charge in [0.1, 0.15) is 5.54 Å². The van der Waals surface area contributed by atoms with E-state index in [1.165, 1.54) is 28.4 Å². The normalized spacial score (nSPS) is 24.8. The standard InChI is InChI=1S/C22H31N3O3S/c1-28-15-14-24-20(26)22(9-12-23(13-10-22)19-8-16-29-17-19)25(21(24)27)11-7-18-5-3-2-4-6-18/h2-6,19H,7-17H2,1H3/t19-/m1/s1. The van der Waals surface area contributed by atoms with Crippen LogP contribution in [0.1, 0.15) is 24.8 Å². The van der Waals surface area contributed by atoms with Gasteiger partial charge in [-0.1, -0.05) is 30.3 Å². The second-order valence-electron chi connectivity index (χ2n) is 8.20. The lowest BCUT2D eigenvalue weighted by Crippen LogP contribution is -2.58. The summed E-state index contributed by atoms with van der Waals surface area (Å²) in [5.41, 5.74) is 0.514. The molecule has 0 aromatic heterocycles. The van der Waals surface area contributed by atoms with Crippen LogP contribution >= 0.6 is 11.8 Å². The molecule has 29 heavy (non-hydrogen) atoms. The molecule has 3 heterocycles. The van der Waals surface area contributed by atoms with Crippen LogP contribution in [-0.4, -0.2) is 89.6 Å². The third kappa shape index (κ3) is 4.05. The Balaban J connectivity index is 1.51. The van der Waals surface area contributed by atoms with Gasteiger partial charge in [-0.2, -0.15) is 11.8 Å². The quantitative estimate of drug-likeness (QED) is 0.638. The summed E-state index contributed by atoms with van der Waals surface area (Å²) in [7, 11) is 1.60. The number of amides is 3. The van der Waals surface area contributed by atoms with Gasteiger partial charge in [0.15, 0.2) is 0 Å². The molecule has 4 rings (SSSR count). The lowest BCUT2D eigenvalue weighted by atomic mass is 9.85. The van der Waals surface area contributed by atoms with Gasteiger partial charge < -0.3 is 9.64 Å². The van der Waals surface area contributed by atoms with E-state index in [9.17, 15) is 9.59 Å². The molecule has 3 aliphatic rings. The van der Waals surface area contributed by atoms with Crippen LogP contribution in [0.4, 0.5) is 4.79 Å². The molecule has 0 N–H and O–H groups in total.